The van der Waals surface area contributed by atoms with Gasteiger partial charge in [-0.15, -0.1) is 0 Å². The molecule has 1 atom stereocenters. The minimum Gasteiger partial charge on any atom is -0.369 e. The van der Waals surface area contributed by atoms with Gasteiger partial charge in [0.2, 0.25) is 11.9 Å². The number of aryl methyl sites for hydroxylation is 1. The molecule has 1 aliphatic heterocycles. The zero-order valence-corrected chi connectivity index (χ0v) is 17.4. The van der Waals surface area contributed by atoms with E-state index in [1.54, 1.807) is 24.1 Å². The summed E-state index contributed by atoms with van der Waals surface area (Å²) >= 11 is 0. The zero-order valence-electron chi connectivity index (χ0n) is 17.4. The number of pyridine rings is 1. The normalized spacial score (nSPS) is 15.1. The number of anilines is 1. The first-order chi connectivity index (χ1) is 14.2. The lowest BCUT2D eigenvalue weighted by molar-refractivity contribution is -0.141. The molecular weight excluding hydrogens is 406 g/mol. The third kappa shape index (κ3) is 9.01. The van der Waals surface area contributed by atoms with Gasteiger partial charge in [0, 0.05) is 33.4 Å². The molecule has 1 aliphatic rings. The lowest BCUT2D eigenvalue weighted by atomic mass is 10.1. The molecule has 1 N–H and O–H groups in total. The van der Waals surface area contributed by atoms with Crippen molar-refractivity contribution in [3.05, 3.63) is 42.1 Å². The molecule has 3 heterocycles. The average Bonchev–Trinajstić information content (AvgIpc) is 3.30. The van der Waals surface area contributed by atoms with Gasteiger partial charge in [-0.05, 0) is 24.6 Å². The minimum atomic E-state index is -4.32. The minimum absolute atomic E-state index is 0.0185. The summed E-state index contributed by atoms with van der Waals surface area (Å²) < 4.78 is 49.1. The Kier molecular flexibility index (Phi) is 12.0. The Balaban J connectivity index is 0.000000518. The van der Waals surface area contributed by atoms with Crippen molar-refractivity contribution < 1.29 is 27.2 Å². The summed E-state index contributed by atoms with van der Waals surface area (Å²) in [5.41, 5.74) is -0.852. The molecule has 0 aliphatic carbocycles. The number of carbonyl (C=O) groups is 2. The van der Waals surface area contributed by atoms with Gasteiger partial charge in [-0.2, -0.15) is 22.7 Å². The van der Waals surface area contributed by atoms with Crippen molar-refractivity contribution in [3.8, 4) is 0 Å². The third-order valence-electron chi connectivity index (χ3n) is 3.79. The highest BCUT2D eigenvalue weighted by Gasteiger charge is 2.33. The molecule has 2 aromatic heterocycles. The predicted molar refractivity (Wildman–Crippen MR) is 105 cm³/mol. The number of nitrogens with zero attached hydrogens (tertiary/aromatic N) is 4. The highest BCUT2D eigenvalue weighted by molar-refractivity contribution is 5.81. The standard InChI is InChI=1S/C11H14FN3O.C5H5F3N2.C2H6.CH2O/c1-15-6-5-8(11(15)16)7-13-10-4-2-3-9(12)14-10;1-10-3-2-4(9-10)5(6,7)8;2*1-2/h2-4,8H,5-7H2,1H3,(H,13,14);2-3H,1H3;1-2H3;1H2/t8-;;;/m0.../s1. The van der Waals surface area contributed by atoms with Crippen LogP contribution in [0.1, 0.15) is 26.0 Å². The fourth-order valence-electron chi connectivity index (χ4n) is 2.38. The Labute approximate surface area is 173 Å². The van der Waals surface area contributed by atoms with Crippen molar-refractivity contribution in [2.24, 2.45) is 13.0 Å². The summed E-state index contributed by atoms with van der Waals surface area (Å²) in [7, 11) is 3.23. The molecule has 1 fully saturated rings. The van der Waals surface area contributed by atoms with Crippen molar-refractivity contribution in [1.82, 2.24) is 19.7 Å². The van der Waals surface area contributed by atoms with Gasteiger partial charge in [0.25, 0.3) is 0 Å². The van der Waals surface area contributed by atoms with E-state index in [9.17, 15) is 22.4 Å². The molecule has 168 valence electrons. The Morgan fingerprint density at radius 1 is 1.20 bits per heavy atom. The van der Waals surface area contributed by atoms with Crippen LogP contribution in [0, 0.1) is 11.9 Å². The van der Waals surface area contributed by atoms with E-state index in [2.05, 4.69) is 15.4 Å². The van der Waals surface area contributed by atoms with E-state index in [1.807, 2.05) is 20.6 Å². The maximum absolute atomic E-state index is 12.8. The van der Waals surface area contributed by atoms with Crippen LogP contribution < -0.4 is 5.32 Å². The second kappa shape index (κ2) is 13.3. The molecule has 0 aromatic carbocycles. The number of rotatable bonds is 3. The molecule has 0 bridgehead atoms. The van der Waals surface area contributed by atoms with Gasteiger partial charge in [-0.1, -0.05) is 19.9 Å². The SMILES string of the molecule is C=O.CC.CN1CC[C@@H](CNc2cccc(F)n2)C1=O.Cn1ccc(C(F)(F)F)n1. The van der Waals surface area contributed by atoms with Crippen molar-refractivity contribution >= 4 is 18.5 Å². The summed E-state index contributed by atoms with van der Waals surface area (Å²) in [4.78, 5) is 25.0. The van der Waals surface area contributed by atoms with Crippen LogP contribution in [-0.2, 0) is 22.8 Å². The summed E-state index contributed by atoms with van der Waals surface area (Å²) in [6.07, 6.45) is -2.22. The monoisotopic (exact) mass is 433 g/mol. The third-order valence-corrected chi connectivity index (χ3v) is 3.79. The molecule has 0 saturated carbocycles. The number of hydrogen-bond donors (Lipinski definition) is 1. The fourth-order valence-corrected chi connectivity index (χ4v) is 2.38. The van der Waals surface area contributed by atoms with Crippen LogP contribution in [-0.4, -0.2) is 52.5 Å². The molecule has 0 radical (unpaired) electrons. The Bertz CT molecular complexity index is 767. The molecule has 7 nitrogen and oxygen atoms in total. The van der Waals surface area contributed by atoms with E-state index >= 15 is 0 Å². The molecule has 1 saturated heterocycles. The molecule has 30 heavy (non-hydrogen) atoms. The van der Waals surface area contributed by atoms with Crippen LogP contribution in [0.15, 0.2) is 30.5 Å². The van der Waals surface area contributed by atoms with E-state index in [0.717, 1.165) is 23.7 Å². The maximum Gasteiger partial charge on any atom is 0.435 e. The highest BCUT2D eigenvalue weighted by Crippen LogP contribution is 2.26. The highest BCUT2D eigenvalue weighted by atomic mass is 19.4. The number of amides is 1. The number of aromatic nitrogens is 3. The second-order valence-electron chi connectivity index (χ2n) is 5.84. The smallest absolute Gasteiger partial charge is 0.369 e. The summed E-state index contributed by atoms with van der Waals surface area (Å²) in [6, 6.07) is 5.50. The van der Waals surface area contributed by atoms with Crippen LogP contribution >= 0.6 is 0 Å². The fraction of sp³-hybridized carbons (Fsp3) is 0.474. The zero-order chi connectivity index (χ0) is 23.3. The molecular formula is C19H27F4N5O2. The van der Waals surface area contributed by atoms with Gasteiger partial charge < -0.3 is 15.0 Å². The number of carbonyl (C=O) groups excluding carboxylic acids is 2. The summed E-state index contributed by atoms with van der Waals surface area (Å²) in [5, 5.41) is 6.15. The Morgan fingerprint density at radius 3 is 2.23 bits per heavy atom. The van der Waals surface area contributed by atoms with E-state index in [0.29, 0.717) is 12.4 Å². The van der Waals surface area contributed by atoms with Crippen molar-refractivity contribution in [1.29, 1.82) is 0 Å². The first kappa shape index (κ1) is 27.0. The topological polar surface area (TPSA) is 80.1 Å². The van der Waals surface area contributed by atoms with Gasteiger partial charge >= 0.3 is 6.18 Å². The molecule has 2 aromatic rings. The van der Waals surface area contributed by atoms with Gasteiger partial charge in [0.1, 0.15) is 12.6 Å². The van der Waals surface area contributed by atoms with Gasteiger partial charge in [-0.3, -0.25) is 9.48 Å². The van der Waals surface area contributed by atoms with E-state index < -0.39 is 17.8 Å². The Hall–Kier alpha value is -2.98. The molecule has 11 heteroatoms. The van der Waals surface area contributed by atoms with Crippen LogP contribution in [0.3, 0.4) is 0 Å². The predicted octanol–water partition coefficient (Wildman–Crippen LogP) is 3.39. The number of alkyl halides is 3. The van der Waals surface area contributed by atoms with Gasteiger partial charge in [-0.25, -0.2) is 4.98 Å². The van der Waals surface area contributed by atoms with E-state index in [1.165, 1.54) is 19.3 Å². The lowest BCUT2D eigenvalue weighted by Crippen LogP contribution is -2.26. The number of likely N-dealkylation sites (tertiary alicyclic amines) is 1. The molecule has 0 spiro atoms. The molecule has 0 unspecified atom stereocenters. The van der Waals surface area contributed by atoms with Crippen LogP contribution in [0.2, 0.25) is 0 Å². The summed E-state index contributed by atoms with van der Waals surface area (Å²) in [6.45, 7) is 7.31. The number of halogens is 4. The van der Waals surface area contributed by atoms with E-state index in [4.69, 9.17) is 4.79 Å². The number of nitrogens with one attached hydrogen (secondary N) is 1. The summed E-state index contributed by atoms with van der Waals surface area (Å²) in [5.74, 6) is 0.0844. The second-order valence-corrected chi connectivity index (χ2v) is 5.84. The molecule has 3 rings (SSSR count). The van der Waals surface area contributed by atoms with E-state index in [-0.39, 0.29) is 11.8 Å². The first-order valence-electron chi connectivity index (χ1n) is 9.14. The van der Waals surface area contributed by atoms with Crippen LogP contribution in [0.25, 0.3) is 0 Å². The van der Waals surface area contributed by atoms with Crippen molar-refractivity contribution in [3.63, 3.8) is 0 Å². The Morgan fingerprint density at radius 2 is 1.83 bits per heavy atom. The quantitative estimate of drug-likeness (QED) is 0.593. The lowest BCUT2D eigenvalue weighted by Gasteiger charge is -2.11. The van der Waals surface area contributed by atoms with Crippen LogP contribution in [0.5, 0.6) is 0 Å². The van der Waals surface area contributed by atoms with Gasteiger partial charge in [0.05, 0.1) is 5.92 Å². The molecule has 1 amide bonds. The number of hydrogen-bond acceptors (Lipinski definition) is 5. The van der Waals surface area contributed by atoms with Crippen molar-refractivity contribution in [2.75, 3.05) is 25.5 Å². The average molecular weight is 433 g/mol. The largest absolute Gasteiger partial charge is 0.435 e. The maximum atomic E-state index is 12.8. The van der Waals surface area contributed by atoms with Gasteiger partial charge in [0.15, 0.2) is 5.69 Å². The van der Waals surface area contributed by atoms with Crippen LogP contribution in [0.4, 0.5) is 23.4 Å². The van der Waals surface area contributed by atoms with Crippen molar-refractivity contribution in [2.45, 2.75) is 26.4 Å². The first-order valence-corrected chi connectivity index (χ1v) is 9.14.